The predicted octanol–water partition coefficient (Wildman–Crippen LogP) is 2.67. The maximum atomic E-state index is 12.0. The average Bonchev–Trinajstić information content (AvgIpc) is 3.03. The fourth-order valence-corrected chi connectivity index (χ4v) is 4.56. The molecule has 2 aliphatic rings. The smallest absolute Gasteiger partial charge is 0.258 e. The second-order valence-corrected chi connectivity index (χ2v) is 9.77. The molecule has 1 aliphatic heterocycles. The Bertz CT molecular complexity index is 726. The van der Waals surface area contributed by atoms with Gasteiger partial charge in [-0.25, -0.2) is 0 Å². The normalized spacial score (nSPS) is 24.6. The molecule has 6 nitrogen and oxygen atoms in total. The number of rotatable bonds is 6. The van der Waals surface area contributed by atoms with Gasteiger partial charge in [-0.1, -0.05) is 12.1 Å². The highest BCUT2D eigenvalue weighted by Gasteiger charge is 2.41. The quantitative estimate of drug-likeness (QED) is 0.796. The van der Waals surface area contributed by atoms with Crippen molar-refractivity contribution in [3.05, 3.63) is 29.8 Å². The maximum Gasteiger partial charge on any atom is 0.258 e. The minimum atomic E-state index is -0.255. The van der Waals surface area contributed by atoms with E-state index in [-0.39, 0.29) is 18.1 Å². The van der Waals surface area contributed by atoms with Crippen LogP contribution in [0.3, 0.4) is 0 Å². The molecule has 1 heterocycles. The summed E-state index contributed by atoms with van der Waals surface area (Å²) < 4.78 is 5.60. The molecule has 3 atom stereocenters. The summed E-state index contributed by atoms with van der Waals surface area (Å²) in [6.07, 6.45) is 2.99. The van der Waals surface area contributed by atoms with Gasteiger partial charge in [0.15, 0.2) is 6.61 Å². The van der Waals surface area contributed by atoms with Gasteiger partial charge in [-0.2, -0.15) is 0 Å². The first-order valence-electron chi connectivity index (χ1n) is 10.6. The number of nitrogens with one attached hydrogen (secondary N) is 1. The number of ether oxygens (including phenoxy) is 1. The number of hydrogen-bond donors (Lipinski definition) is 1. The van der Waals surface area contributed by atoms with E-state index in [4.69, 9.17) is 4.74 Å². The molecule has 0 unspecified atom stereocenters. The first-order chi connectivity index (χ1) is 13.6. The summed E-state index contributed by atoms with van der Waals surface area (Å²) in [4.78, 5) is 28.2. The topological polar surface area (TPSA) is 61.9 Å². The SMILES string of the molecule is CN1C[C@@H]2C[C@H](N(C)Cc3ccc(OCC(=O)NC(C)(C)C)cc3)C[C@@H]2CC1=O. The third-order valence-electron chi connectivity index (χ3n) is 6.05. The van der Waals surface area contributed by atoms with Gasteiger partial charge in [0.05, 0.1) is 0 Å². The zero-order valence-corrected chi connectivity index (χ0v) is 18.4. The summed E-state index contributed by atoms with van der Waals surface area (Å²) in [5, 5.41) is 2.89. The first-order valence-corrected chi connectivity index (χ1v) is 10.6. The molecular weight excluding hydrogens is 366 g/mol. The van der Waals surface area contributed by atoms with Crippen LogP contribution >= 0.6 is 0 Å². The third-order valence-corrected chi connectivity index (χ3v) is 6.05. The van der Waals surface area contributed by atoms with Gasteiger partial charge in [0.1, 0.15) is 5.75 Å². The summed E-state index contributed by atoms with van der Waals surface area (Å²) >= 11 is 0. The summed E-state index contributed by atoms with van der Waals surface area (Å²) in [5.74, 6) is 2.06. The lowest BCUT2D eigenvalue weighted by Crippen LogP contribution is -2.43. The molecule has 1 aliphatic carbocycles. The van der Waals surface area contributed by atoms with Crippen LogP contribution in [0.1, 0.15) is 45.6 Å². The molecular formula is C23H35N3O3. The zero-order valence-electron chi connectivity index (χ0n) is 18.4. The zero-order chi connectivity index (χ0) is 21.2. The van der Waals surface area contributed by atoms with E-state index in [0.717, 1.165) is 19.5 Å². The average molecular weight is 402 g/mol. The number of benzene rings is 1. The van der Waals surface area contributed by atoms with E-state index in [1.165, 1.54) is 12.0 Å². The molecule has 29 heavy (non-hydrogen) atoms. The van der Waals surface area contributed by atoms with Crippen molar-refractivity contribution in [2.24, 2.45) is 11.8 Å². The van der Waals surface area contributed by atoms with E-state index in [1.807, 2.05) is 44.9 Å². The van der Waals surface area contributed by atoms with E-state index in [0.29, 0.717) is 36.0 Å². The number of carbonyl (C=O) groups excluding carboxylic acids is 2. The van der Waals surface area contributed by atoms with Crippen LogP contribution < -0.4 is 10.1 Å². The fourth-order valence-electron chi connectivity index (χ4n) is 4.56. The van der Waals surface area contributed by atoms with Gasteiger partial charge in [0.2, 0.25) is 5.91 Å². The Morgan fingerprint density at radius 2 is 1.86 bits per heavy atom. The number of likely N-dealkylation sites (tertiary alicyclic amines) is 1. The van der Waals surface area contributed by atoms with Gasteiger partial charge in [0, 0.05) is 38.1 Å². The molecule has 0 spiro atoms. The summed E-state index contributed by atoms with van der Waals surface area (Å²) in [6, 6.07) is 8.51. The molecule has 1 saturated carbocycles. The van der Waals surface area contributed by atoms with Gasteiger partial charge < -0.3 is 15.0 Å². The monoisotopic (exact) mass is 401 g/mol. The van der Waals surface area contributed by atoms with Crippen LogP contribution in [0.2, 0.25) is 0 Å². The molecule has 0 radical (unpaired) electrons. The number of amides is 2. The molecule has 1 N–H and O–H groups in total. The molecule has 0 bridgehead atoms. The van der Waals surface area contributed by atoms with Crippen molar-refractivity contribution in [1.82, 2.24) is 15.1 Å². The van der Waals surface area contributed by atoms with Crippen molar-refractivity contribution >= 4 is 11.8 Å². The minimum Gasteiger partial charge on any atom is -0.484 e. The van der Waals surface area contributed by atoms with Gasteiger partial charge in [0.25, 0.3) is 5.91 Å². The van der Waals surface area contributed by atoms with E-state index < -0.39 is 0 Å². The van der Waals surface area contributed by atoms with E-state index >= 15 is 0 Å². The van der Waals surface area contributed by atoms with Crippen molar-refractivity contribution in [2.75, 3.05) is 27.2 Å². The van der Waals surface area contributed by atoms with Crippen LogP contribution in [0.4, 0.5) is 0 Å². The highest BCUT2D eigenvalue weighted by atomic mass is 16.5. The van der Waals surface area contributed by atoms with Crippen molar-refractivity contribution in [1.29, 1.82) is 0 Å². The predicted molar refractivity (Wildman–Crippen MR) is 114 cm³/mol. The lowest BCUT2D eigenvalue weighted by Gasteiger charge is -2.31. The molecule has 1 saturated heterocycles. The summed E-state index contributed by atoms with van der Waals surface area (Å²) in [5.41, 5.74) is 0.969. The number of nitrogens with zero attached hydrogens (tertiary/aromatic N) is 2. The molecule has 6 heteroatoms. The molecule has 2 amide bonds. The van der Waals surface area contributed by atoms with E-state index in [2.05, 4.69) is 29.4 Å². The molecule has 160 valence electrons. The lowest BCUT2D eigenvalue weighted by atomic mass is 9.88. The number of piperidine rings is 1. The van der Waals surface area contributed by atoms with Crippen LogP contribution in [0.5, 0.6) is 5.75 Å². The van der Waals surface area contributed by atoms with Crippen LogP contribution in [-0.2, 0) is 16.1 Å². The van der Waals surface area contributed by atoms with Crippen molar-refractivity contribution in [3.63, 3.8) is 0 Å². The lowest BCUT2D eigenvalue weighted by molar-refractivity contribution is -0.135. The Labute approximate surface area is 174 Å². The van der Waals surface area contributed by atoms with Crippen molar-refractivity contribution < 1.29 is 14.3 Å². The highest BCUT2D eigenvalue weighted by Crippen LogP contribution is 2.40. The van der Waals surface area contributed by atoms with Gasteiger partial charge in [-0.05, 0) is 70.2 Å². The highest BCUT2D eigenvalue weighted by molar-refractivity contribution is 5.78. The van der Waals surface area contributed by atoms with Gasteiger partial charge >= 0.3 is 0 Å². The second-order valence-electron chi connectivity index (χ2n) is 9.77. The second kappa shape index (κ2) is 8.74. The Hall–Kier alpha value is -2.08. The van der Waals surface area contributed by atoms with Crippen LogP contribution in [0.15, 0.2) is 24.3 Å². The van der Waals surface area contributed by atoms with Gasteiger partial charge in [-0.3, -0.25) is 14.5 Å². The summed E-state index contributed by atoms with van der Waals surface area (Å²) in [7, 11) is 4.10. The largest absolute Gasteiger partial charge is 0.484 e. The number of fused-ring (bicyclic) bond motifs is 1. The Morgan fingerprint density at radius 1 is 1.21 bits per heavy atom. The maximum absolute atomic E-state index is 12.0. The van der Waals surface area contributed by atoms with E-state index in [9.17, 15) is 9.59 Å². The molecule has 3 rings (SSSR count). The van der Waals surface area contributed by atoms with Crippen LogP contribution in [0.25, 0.3) is 0 Å². The Balaban J connectivity index is 1.47. The first kappa shape index (κ1) is 21.6. The number of hydrogen-bond acceptors (Lipinski definition) is 4. The van der Waals surface area contributed by atoms with Gasteiger partial charge in [-0.15, -0.1) is 0 Å². The molecule has 0 aromatic heterocycles. The van der Waals surface area contributed by atoms with Crippen molar-refractivity contribution in [3.8, 4) is 5.75 Å². The molecule has 2 fully saturated rings. The van der Waals surface area contributed by atoms with E-state index in [1.54, 1.807) is 0 Å². The molecule has 1 aromatic rings. The Kier molecular flexibility index (Phi) is 6.52. The fraction of sp³-hybridized carbons (Fsp3) is 0.652. The third kappa shape index (κ3) is 5.95. The van der Waals surface area contributed by atoms with Crippen LogP contribution in [-0.4, -0.2) is 60.4 Å². The minimum absolute atomic E-state index is 0.0224. The summed E-state index contributed by atoms with van der Waals surface area (Å²) in [6.45, 7) is 7.65. The van der Waals surface area contributed by atoms with Crippen molar-refractivity contribution in [2.45, 2.75) is 58.2 Å². The van der Waals surface area contributed by atoms with Crippen LogP contribution in [0, 0.1) is 11.8 Å². The Morgan fingerprint density at radius 3 is 2.52 bits per heavy atom. The standard InChI is InChI=1S/C23H35N3O3/c1-23(2,3)24-21(27)15-29-20-8-6-16(7-9-20)13-25(4)19-10-17-12-22(28)26(5)14-18(17)11-19/h6-9,17-19H,10-15H2,1-5H3,(H,24,27)/t17-,18+,19-/m1/s1. The molecule has 1 aromatic carbocycles. The number of carbonyl (C=O) groups is 2.